The second kappa shape index (κ2) is 9.72. The summed E-state index contributed by atoms with van der Waals surface area (Å²) in [6, 6.07) is 28.6. The van der Waals surface area contributed by atoms with Gasteiger partial charge >= 0.3 is 0 Å². The molecule has 0 saturated carbocycles. The first-order valence-electron chi connectivity index (χ1n) is 11.4. The van der Waals surface area contributed by atoms with E-state index in [1.807, 2.05) is 36.4 Å². The van der Waals surface area contributed by atoms with Crippen LogP contribution in [0.15, 0.2) is 104 Å². The third kappa shape index (κ3) is 4.81. The van der Waals surface area contributed by atoms with E-state index >= 15 is 0 Å². The molecule has 33 heavy (non-hydrogen) atoms. The van der Waals surface area contributed by atoms with Gasteiger partial charge in [0.05, 0.1) is 0 Å². The molecule has 5 aromatic rings. The lowest BCUT2D eigenvalue weighted by Crippen LogP contribution is -2.04. The van der Waals surface area contributed by atoms with Gasteiger partial charge in [-0.3, -0.25) is 4.98 Å². The van der Waals surface area contributed by atoms with Crippen molar-refractivity contribution in [1.82, 2.24) is 9.97 Å². The zero-order valence-corrected chi connectivity index (χ0v) is 18.4. The van der Waals surface area contributed by atoms with Gasteiger partial charge in [-0.1, -0.05) is 60.7 Å². The quantitative estimate of drug-likeness (QED) is 0.260. The summed E-state index contributed by atoms with van der Waals surface area (Å²) in [4.78, 5) is 7.58. The van der Waals surface area contributed by atoms with Crippen molar-refractivity contribution in [3.63, 3.8) is 0 Å². The fourth-order valence-corrected chi connectivity index (χ4v) is 4.28. The molecule has 0 aliphatic rings. The fraction of sp³-hybridized carbons (Fsp3) is 0.138. The van der Waals surface area contributed by atoms with Gasteiger partial charge in [0.1, 0.15) is 6.10 Å². The molecule has 4 nitrogen and oxygen atoms in total. The maximum absolute atomic E-state index is 10.9. The van der Waals surface area contributed by atoms with Crippen LogP contribution in [-0.4, -0.2) is 15.1 Å². The smallest absolute Gasteiger partial charge is 0.108 e. The topological polar surface area (TPSA) is 60.9 Å². The fourth-order valence-electron chi connectivity index (χ4n) is 4.28. The average molecular weight is 434 g/mol. The van der Waals surface area contributed by atoms with Crippen molar-refractivity contribution >= 4 is 22.3 Å². The van der Waals surface area contributed by atoms with E-state index in [4.69, 9.17) is 0 Å². The van der Waals surface area contributed by atoms with Crippen LogP contribution >= 0.6 is 0 Å². The first-order valence-corrected chi connectivity index (χ1v) is 11.4. The summed E-state index contributed by atoms with van der Waals surface area (Å²) in [6.45, 7) is 0. The van der Waals surface area contributed by atoms with Gasteiger partial charge in [-0.05, 0) is 60.2 Å². The molecule has 3 N–H and O–H groups in total. The van der Waals surface area contributed by atoms with Crippen LogP contribution in [0, 0.1) is 0 Å². The molecule has 0 spiro atoms. The molecule has 0 aliphatic carbocycles. The Hall–Kier alpha value is -3.89. The summed E-state index contributed by atoms with van der Waals surface area (Å²) in [5.74, 6) is 0. The van der Waals surface area contributed by atoms with Gasteiger partial charge in [0.2, 0.25) is 0 Å². The number of nitrogens with one attached hydrogen (secondary N) is 2. The number of hydrogen-bond donors (Lipinski definition) is 3. The van der Waals surface area contributed by atoms with E-state index in [1.165, 1.54) is 22.0 Å². The van der Waals surface area contributed by atoms with Gasteiger partial charge in [0, 0.05) is 46.4 Å². The molecule has 2 heterocycles. The van der Waals surface area contributed by atoms with Gasteiger partial charge in [0.15, 0.2) is 0 Å². The average Bonchev–Trinajstić information content (AvgIpc) is 3.29. The van der Waals surface area contributed by atoms with E-state index in [0.717, 1.165) is 41.8 Å². The Morgan fingerprint density at radius 1 is 0.848 bits per heavy atom. The monoisotopic (exact) mass is 433 g/mol. The molecule has 0 amide bonds. The number of hydrogen-bond acceptors (Lipinski definition) is 3. The van der Waals surface area contributed by atoms with Crippen molar-refractivity contribution in [2.45, 2.75) is 25.4 Å². The molecule has 5 rings (SSSR count). The Morgan fingerprint density at radius 3 is 2.48 bits per heavy atom. The minimum atomic E-state index is -0.730. The Bertz CT molecular complexity index is 1330. The summed E-state index contributed by atoms with van der Waals surface area (Å²) in [6.07, 6.45) is 8.06. The first-order chi connectivity index (χ1) is 16.3. The predicted molar refractivity (Wildman–Crippen MR) is 135 cm³/mol. The first kappa shape index (κ1) is 21.0. The van der Waals surface area contributed by atoms with Gasteiger partial charge in [0.25, 0.3) is 0 Å². The van der Waals surface area contributed by atoms with Crippen molar-refractivity contribution in [2.75, 3.05) is 5.32 Å². The molecular formula is C29H27N3O. The number of fused-ring (bicyclic) bond motifs is 1. The van der Waals surface area contributed by atoms with Crippen LogP contribution in [0.25, 0.3) is 10.9 Å². The number of aromatic nitrogens is 2. The second-order valence-electron chi connectivity index (χ2n) is 8.31. The van der Waals surface area contributed by atoms with E-state index in [1.54, 1.807) is 12.4 Å². The van der Waals surface area contributed by atoms with Crippen molar-refractivity contribution in [3.05, 3.63) is 126 Å². The van der Waals surface area contributed by atoms with Gasteiger partial charge in [-0.2, -0.15) is 0 Å². The summed E-state index contributed by atoms with van der Waals surface area (Å²) >= 11 is 0. The molecule has 4 heteroatoms. The number of para-hydroxylation sites is 1. The molecule has 0 saturated heterocycles. The number of aliphatic hydroxyl groups is 1. The number of anilines is 2. The van der Waals surface area contributed by atoms with Crippen LogP contribution in [0.3, 0.4) is 0 Å². The standard InChI is InChI=1S/C29H27N3O/c33-29(22-8-2-1-3-9-22)26-20-30-18-17-28(26)32-24-15-13-21(14-16-24)7-6-10-23-19-31-27-12-5-4-11-25(23)27/h1-5,8-9,11-20,29,31,33H,6-7,10H2,(H,30,32). The number of aryl methyl sites for hydroxylation is 2. The van der Waals surface area contributed by atoms with Crippen LogP contribution < -0.4 is 5.32 Å². The molecule has 0 radical (unpaired) electrons. The normalized spacial score (nSPS) is 12.0. The minimum Gasteiger partial charge on any atom is -0.384 e. The van der Waals surface area contributed by atoms with Crippen LogP contribution in [0.2, 0.25) is 0 Å². The van der Waals surface area contributed by atoms with Crippen molar-refractivity contribution in [1.29, 1.82) is 0 Å². The van der Waals surface area contributed by atoms with E-state index < -0.39 is 6.10 Å². The van der Waals surface area contributed by atoms with Crippen LogP contribution in [0.4, 0.5) is 11.4 Å². The highest BCUT2D eigenvalue weighted by atomic mass is 16.3. The molecule has 1 atom stereocenters. The third-order valence-corrected chi connectivity index (χ3v) is 6.08. The third-order valence-electron chi connectivity index (χ3n) is 6.08. The van der Waals surface area contributed by atoms with Gasteiger partial charge < -0.3 is 15.4 Å². The Kier molecular flexibility index (Phi) is 6.18. The maximum atomic E-state index is 10.9. The van der Waals surface area contributed by atoms with E-state index in [-0.39, 0.29) is 0 Å². The summed E-state index contributed by atoms with van der Waals surface area (Å²) in [5, 5.41) is 15.6. The highest BCUT2D eigenvalue weighted by Gasteiger charge is 2.15. The number of benzene rings is 3. The Labute approximate surface area is 194 Å². The SMILES string of the molecule is OC(c1ccccc1)c1cnccc1Nc1ccc(CCCc2c[nH]c3ccccc23)cc1. The molecular weight excluding hydrogens is 406 g/mol. The maximum Gasteiger partial charge on any atom is 0.108 e. The van der Waals surface area contributed by atoms with Crippen LogP contribution in [-0.2, 0) is 12.8 Å². The lowest BCUT2D eigenvalue weighted by atomic mass is 10.0. The molecule has 0 aliphatic heterocycles. The van der Waals surface area contributed by atoms with Gasteiger partial charge in [-0.25, -0.2) is 0 Å². The van der Waals surface area contributed by atoms with Crippen molar-refractivity contribution in [3.8, 4) is 0 Å². The highest BCUT2D eigenvalue weighted by Crippen LogP contribution is 2.29. The predicted octanol–water partition coefficient (Wildman–Crippen LogP) is 6.56. The molecule has 2 aromatic heterocycles. The molecule has 164 valence electrons. The highest BCUT2D eigenvalue weighted by molar-refractivity contribution is 5.83. The number of aliphatic hydroxyl groups excluding tert-OH is 1. The molecule has 3 aromatic carbocycles. The second-order valence-corrected chi connectivity index (χ2v) is 8.31. The molecule has 0 bridgehead atoms. The number of rotatable bonds is 8. The summed E-state index contributed by atoms with van der Waals surface area (Å²) in [5.41, 5.74) is 7.35. The Balaban J connectivity index is 1.22. The zero-order chi connectivity index (χ0) is 22.5. The lowest BCUT2D eigenvalue weighted by Gasteiger charge is -2.17. The van der Waals surface area contributed by atoms with E-state index in [0.29, 0.717) is 0 Å². The number of H-pyrrole nitrogens is 1. The van der Waals surface area contributed by atoms with Crippen LogP contribution in [0.5, 0.6) is 0 Å². The molecule has 0 fully saturated rings. The van der Waals surface area contributed by atoms with Crippen molar-refractivity contribution in [2.24, 2.45) is 0 Å². The minimum absolute atomic E-state index is 0.730. The van der Waals surface area contributed by atoms with Gasteiger partial charge in [-0.15, -0.1) is 0 Å². The lowest BCUT2D eigenvalue weighted by molar-refractivity contribution is 0.220. The number of nitrogens with zero attached hydrogens (tertiary/aromatic N) is 1. The van der Waals surface area contributed by atoms with E-state index in [9.17, 15) is 5.11 Å². The molecule has 1 unspecified atom stereocenters. The largest absolute Gasteiger partial charge is 0.384 e. The summed E-state index contributed by atoms with van der Waals surface area (Å²) in [7, 11) is 0. The number of aromatic amines is 1. The van der Waals surface area contributed by atoms with Crippen LogP contribution in [0.1, 0.15) is 34.8 Å². The Morgan fingerprint density at radius 2 is 1.64 bits per heavy atom. The van der Waals surface area contributed by atoms with E-state index in [2.05, 4.69) is 70.0 Å². The zero-order valence-electron chi connectivity index (χ0n) is 18.4. The summed E-state index contributed by atoms with van der Waals surface area (Å²) < 4.78 is 0. The van der Waals surface area contributed by atoms with Crippen molar-refractivity contribution < 1.29 is 5.11 Å². The number of pyridine rings is 1.